The van der Waals surface area contributed by atoms with Gasteiger partial charge in [-0.05, 0) is 43.1 Å². The van der Waals surface area contributed by atoms with Gasteiger partial charge in [-0.3, -0.25) is 0 Å². The van der Waals surface area contributed by atoms with Gasteiger partial charge in [-0.1, -0.05) is 18.2 Å². The molecule has 0 amide bonds. The minimum atomic E-state index is 0.380. The zero-order chi connectivity index (χ0) is 12.8. The maximum atomic E-state index is 5.73. The summed E-state index contributed by atoms with van der Waals surface area (Å²) in [5.74, 6) is 0.943. The Balaban J connectivity index is 1.83. The average Bonchev–Trinajstić information content (AvgIpc) is 2.92. The molecule has 2 rings (SSSR count). The first-order valence-electron chi connectivity index (χ1n) is 6.22. The average molecular weight is 261 g/mol. The van der Waals surface area contributed by atoms with Crippen molar-refractivity contribution in [3.63, 3.8) is 0 Å². The van der Waals surface area contributed by atoms with Crippen molar-refractivity contribution in [2.24, 2.45) is 0 Å². The third-order valence-corrected chi connectivity index (χ3v) is 3.95. The number of hydrogen-bond acceptors (Lipinski definition) is 3. The molecule has 1 aromatic heterocycles. The van der Waals surface area contributed by atoms with Gasteiger partial charge >= 0.3 is 0 Å². The lowest BCUT2D eigenvalue weighted by Crippen LogP contribution is -2.12. The topological polar surface area (TPSA) is 21.3 Å². The van der Waals surface area contributed by atoms with Crippen LogP contribution in [0.5, 0.6) is 5.75 Å². The molecule has 0 fully saturated rings. The predicted molar refractivity (Wildman–Crippen MR) is 77.4 cm³/mol. The lowest BCUT2D eigenvalue weighted by Gasteiger charge is -2.11. The summed E-state index contributed by atoms with van der Waals surface area (Å²) in [5.41, 5.74) is 1.28. The van der Waals surface area contributed by atoms with Crippen LogP contribution < -0.4 is 10.1 Å². The fourth-order valence-corrected chi connectivity index (χ4v) is 2.43. The van der Waals surface area contributed by atoms with E-state index in [0.29, 0.717) is 6.04 Å². The fraction of sp³-hybridized carbons (Fsp3) is 0.333. The van der Waals surface area contributed by atoms with Gasteiger partial charge in [0.2, 0.25) is 0 Å². The molecule has 2 nitrogen and oxygen atoms in total. The van der Waals surface area contributed by atoms with E-state index >= 15 is 0 Å². The molecule has 1 N–H and O–H groups in total. The second-order valence-electron chi connectivity index (χ2n) is 4.26. The molecule has 3 heteroatoms. The Morgan fingerprint density at radius 3 is 2.61 bits per heavy atom. The van der Waals surface area contributed by atoms with Crippen LogP contribution in [-0.4, -0.2) is 13.7 Å². The predicted octanol–water partition coefficient (Wildman–Crippen LogP) is 3.65. The highest BCUT2D eigenvalue weighted by Crippen LogP contribution is 2.17. The van der Waals surface area contributed by atoms with Gasteiger partial charge in [0.1, 0.15) is 5.75 Å². The zero-order valence-corrected chi connectivity index (χ0v) is 11.7. The first kappa shape index (κ1) is 13.1. The van der Waals surface area contributed by atoms with Crippen LogP contribution in [-0.2, 0) is 6.42 Å². The summed E-state index contributed by atoms with van der Waals surface area (Å²) < 4.78 is 5.73. The van der Waals surface area contributed by atoms with Gasteiger partial charge < -0.3 is 10.1 Å². The molecule has 0 saturated heterocycles. The first-order chi connectivity index (χ1) is 8.79. The number of rotatable bonds is 6. The molecule has 0 aliphatic carbocycles. The number of thiophene rings is 1. The highest BCUT2D eigenvalue weighted by molar-refractivity contribution is 7.09. The Morgan fingerprint density at radius 2 is 2.00 bits per heavy atom. The smallest absolute Gasteiger partial charge is 0.119 e. The van der Waals surface area contributed by atoms with E-state index in [1.165, 1.54) is 10.4 Å². The lowest BCUT2D eigenvalue weighted by molar-refractivity contribution is 0.323. The van der Waals surface area contributed by atoms with E-state index in [4.69, 9.17) is 4.74 Å². The van der Waals surface area contributed by atoms with Gasteiger partial charge in [-0.15, -0.1) is 11.3 Å². The van der Waals surface area contributed by atoms with E-state index in [0.717, 1.165) is 18.8 Å². The van der Waals surface area contributed by atoms with Crippen molar-refractivity contribution in [3.05, 3.63) is 52.2 Å². The molecule has 0 bridgehead atoms. The van der Waals surface area contributed by atoms with Crippen LogP contribution in [0, 0.1) is 0 Å². The van der Waals surface area contributed by atoms with Crippen molar-refractivity contribution in [1.29, 1.82) is 0 Å². The summed E-state index contributed by atoms with van der Waals surface area (Å²) >= 11 is 1.78. The van der Waals surface area contributed by atoms with E-state index in [1.54, 1.807) is 11.3 Å². The molecule has 96 valence electrons. The zero-order valence-electron chi connectivity index (χ0n) is 10.8. The second kappa shape index (κ2) is 6.57. The van der Waals surface area contributed by atoms with Gasteiger partial charge in [0.15, 0.2) is 0 Å². The molecular formula is C15H19NOS. The van der Waals surface area contributed by atoms with Gasteiger partial charge in [-0.25, -0.2) is 0 Å². The number of benzene rings is 1. The third-order valence-electron chi connectivity index (χ3n) is 3.01. The summed E-state index contributed by atoms with van der Waals surface area (Å²) in [6.07, 6.45) is 0.979. The van der Waals surface area contributed by atoms with Gasteiger partial charge in [-0.2, -0.15) is 0 Å². The minimum Gasteiger partial charge on any atom is -0.493 e. The highest BCUT2D eigenvalue weighted by Gasteiger charge is 2.02. The molecule has 0 aliphatic heterocycles. The Hall–Kier alpha value is -1.32. The first-order valence-corrected chi connectivity index (χ1v) is 7.10. The molecule has 1 atom stereocenters. The molecule has 0 saturated carbocycles. The van der Waals surface area contributed by atoms with Crippen LogP contribution in [0.4, 0.5) is 0 Å². The third kappa shape index (κ3) is 3.59. The van der Waals surface area contributed by atoms with Crippen LogP contribution in [0.15, 0.2) is 41.8 Å². The van der Waals surface area contributed by atoms with Crippen molar-refractivity contribution in [1.82, 2.24) is 5.32 Å². The van der Waals surface area contributed by atoms with Crippen molar-refractivity contribution < 1.29 is 4.74 Å². The summed E-state index contributed by atoms with van der Waals surface area (Å²) in [6, 6.07) is 12.9. The Morgan fingerprint density at radius 1 is 1.22 bits per heavy atom. The van der Waals surface area contributed by atoms with E-state index in [-0.39, 0.29) is 0 Å². The SMILES string of the molecule is CNC(C)c1ccc(OCCc2cccs2)cc1. The van der Waals surface area contributed by atoms with Crippen molar-refractivity contribution in [2.45, 2.75) is 19.4 Å². The minimum absolute atomic E-state index is 0.380. The quantitative estimate of drug-likeness (QED) is 0.857. The van der Waals surface area contributed by atoms with E-state index in [2.05, 4.69) is 41.9 Å². The Kier molecular flexibility index (Phi) is 4.79. The molecule has 0 spiro atoms. The lowest BCUT2D eigenvalue weighted by atomic mass is 10.1. The molecule has 0 radical (unpaired) electrons. The number of hydrogen-bond donors (Lipinski definition) is 1. The van der Waals surface area contributed by atoms with Gasteiger partial charge in [0, 0.05) is 17.3 Å². The molecular weight excluding hydrogens is 242 g/mol. The molecule has 1 heterocycles. The van der Waals surface area contributed by atoms with Crippen molar-refractivity contribution in [2.75, 3.05) is 13.7 Å². The standard InChI is InChI=1S/C15H19NOS/c1-12(16-2)13-5-7-14(8-6-13)17-10-9-15-4-3-11-18-15/h3-8,11-12,16H,9-10H2,1-2H3. The molecule has 1 unspecified atom stereocenters. The van der Waals surface area contributed by atoms with Crippen LogP contribution in [0.2, 0.25) is 0 Å². The van der Waals surface area contributed by atoms with Crippen LogP contribution in [0.25, 0.3) is 0 Å². The fourth-order valence-electron chi connectivity index (χ4n) is 1.74. The van der Waals surface area contributed by atoms with Crippen molar-refractivity contribution in [3.8, 4) is 5.75 Å². The number of ether oxygens (including phenoxy) is 1. The highest BCUT2D eigenvalue weighted by atomic mass is 32.1. The normalized spacial score (nSPS) is 12.3. The summed E-state index contributed by atoms with van der Waals surface area (Å²) in [6.45, 7) is 2.88. The Labute approximate surface area is 113 Å². The van der Waals surface area contributed by atoms with Crippen LogP contribution >= 0.6 is 11.3 Å². The van der Waals surface area contributed by atoms with Crippen LogP contribution in [0.3, 0.4) is 0 Å². The van der Waals surface area contributed by atoms with E-state index < -0.39 is 0 Å². The summed E-state index contributed by atoms with van der Waals surface area (Å²) in [7, 11) is 1.97. The largest absolute Gasteiger partial charge is 0.493 e. The van der Waals surface area contributed by atoms with E-state index in [1.807, 2.05) is 19.2 Å². The van der Waals surface area contributed by atoms with E-state index in [9.17, 15) is 0 Å². The van der Waals surface area contributed by atoms with Crippen LogP contribution in [0.1, 0.15) is 23.4 Å². The Bertz CT molecular complexity index is 450. The molecule has 18 heavy (non-hydrogen) atoms. The maximum absolute atomic E-state index is 5.73. The molecule has 0 aliphatic rings. The maximum Gasteiger partial charge on any atom is 0.119 e. The van der Waals surface area contributed by atoms with Gasteiger partial charge in [0.05, 0.1) is 6.61 Å². The molecule has 1 aromatic carbocycles. The second-order valence-corrected chi connectivity index (χ2v) is 5.29. The summed E-state index contributed by atoms with van der Waals surface area (Å²) in [4.78, 5) is 1.37. The monoisotopic (exact) mass is 261 g/mol. The van der Waals surface area contributed by atoms with Gasteiger partial charge in [0.25, 0.3) is 0 Å². The number of nitrogens with one attached hydrogen (secondary N) is 1. The summed E-state index contributed by atoms with van der Waals surface area (Å²) in [5, 5.41) is 5.32. The van der Waals surface area contributed by atoms with Crippen molar-refractivity contribution >= 4 is 11.3 Å². The molecule has 2 aromatic rings.